The maximum absolute atomic E-state index is 14.0. The predicted octanol–water partition coefficient (Wildman–Crippen LogP) is 18.6. The molecule has 7 fully saturated rings. The number of carbonyl (C=O) groups is 7. The van der Waals surface area contributed by atoms with Gasteiger partial charge in [-0.3, -0.25) is 33.6 Å². The summed E-state index contributed by atoms with van der Waals surface area (Å²) in [6.45, 7) is 77.7. The highest BCUT2D eigenvalue weighted by atomic mass is 35.5. The van der Waals surface area contributed by atoms with Crippen LogP contribution in [-0.4, -0.2) is 290 Å². The van der Waals surface area contributed by atoms with Gasteiger partial charge in [0.05, 0.1) is 40.2 Å². The number of piperazine rings is 7. The van der Waals surface area contributed by atoms with Crippen LogP contribution in [0.25, 0.3) is 0 Å². The van der Waals surface area contributed by atoms with Crippen molar-refractivity contribution in [3.63, 3.8) is 0 Å². The summed E-state index contributed by atoms with van der Waals surface area (Å²) < 4.78 is 30.2. The van der Waals surface area contributed by atoms with Crippen molar-refractivity contribution in [2.45, 2.75) is 207 Å². The smallest absolute Gasteiger partial charge is 0.228 e. The normalized spacial score (nSPS) is 16.2. The van der Waals surface area contributed by atoms with Crippen LogP contribution in [0.2, 0.25) is 5.02 Å². The van der Waals surface area contributed by atoms with Gasteiger partial charge in [0.25, 0.3) is 0 Å². The van der Waals surface area contributed by atoms with Gasteiger partial charge in [-0.1, -0.05) is 223 Å². The molecular formula is C117H176ClFN14O12. The molecule has 28 heteroatoms. The quantitative estimate of drug-likeness (QED) is 0.116. The van der Waals surface area contributed by atoms with Crippen molar-refractivity contribution in [3.05, 3.63) is 188 Å². The van der Waals surface area contributed by atoms with Gasteiger partial charge in [0.2, 0.25) is 41.4 Å². The number of para-hydroxylation sites is 1. The molecule has 145 heavy (non-hydrogen) atoms. The number of amides is 7. The summed E-state index contributed by atoms with van der Waals surface area (Å²) in [5, 5.41) is 19.9. The largest absolute Gasteiger partial charge is 0.497 e. The Bertz CT molecular complexity index is 5310. The van der Waals surface area contributed by atoms with E-state index in [1.165, 1.54) is 22.5 Å². The maximum Gasteiger partial charge on any atom is 0.228 e. The second kappa shape index (κ2) is 52.0. The van der Waals surface area contributed by atoms with Crippen molar-refractivity contribution >= 4 is 92.8 Å². The van der Waals surface area contributed by atoms with E-state index >= 15 is 0 Å². The summed E-state index contributed by atoms with van der Waals surface area (Å²) in [5.41, 5.74) is 15.1. The fourth-order valence-corrected chi connectivity index (χ4v) is 18.7. The highest BCUT2D eigenvalue weighted by Crippen LogP contribution is 2.38. The number of aryl methyl sites for hydroxylation is 6. The Labute approximate surface area is 873 Å². The third-order valence-electron chi connectivity index (χ3n) is 27.1. The number of nitrogens with zero attached hydrogens (tertiary/aromatic N) is 14. The second-order valence-electron chi connectivity index (χ2n) is 46.6. The average Bonchev–Trinajstić information content (AvgIpc) is 0.801. The molecule has 0 aliphatic carbocycles. The number of halogens is 2. The summed E-state index contributed by atoms with van der Waals surface area (Å²) in [6.07, 6.45) is 0. The van der Waals surface area contributed by atoms with E-state index in [4.69, 9.17) is 25.8 Å². The van der Waals surface area contributed by atoms with Crippen LogP contribution in [0.3, 0.4) is 0 Å². The molecule has 0 saturated carbocycles. The van der Waals surface area contributed by atoms with Crippen LogP contribution in [0, 0.1) is 92.2 Å². The SMILES string of the molecule is COc1cc(C)cc(N2CCN(C(=O)C(C)(C)C)CC2)c1.COc1cc(N2CCN(C(=O)C(C)(C)C)CC2)cc(OC)c1C.Cc1ccc(N2CCN(C(=O)C(C)(C)C)CC2)c(CO)c1.Cc1ccc(N2CCN(C(=O)C(C)(C)C)CC2)c(CO)c1.Cc1ccc(N2CCN(C(=O)C(C)(C)C)CC2)c(F)c1.Cc1ccc(N2CCN(C(=O)C(C)(C)C)CC2)cc1Cl.Cc1ccccc1N1CCN(C(=O)C(C)(C)C)CC1. The number of hydrogen-bond donors (Lipinski definition) is 2. The number of carbonyl (C=O) groups excluding carboxylic acids is 7. The number of rotatable bonds is 12. The zero-order chi connectivity index (χ0) is 108. The minimum Gasteiger partial charge on any atom is -0.497 e. The van der Waals surface area contributed by atoms with Crippen LogP contribution in [-0.2, 0) is 46.8 Å². The molecule has 0 radical (unpaired) electrons. The van der Waals surface area contributed by atoms with Crippen LogP contribution >= 0.6 is 11.6 Å². The lowest BCUT2D eigenvalue weighted by Gasteiger charge is -2.39. The Morgan fingerprint density at radius 1 is 0.276 bits per heavy atom. The molecule has 2 N–H and O–H groups in total. The lowest BCUT2D eigenvalue weighted by molar-refractivity contribution is -0.140. The average molecular weight is 2030 g/mol. The van der Waals surface area contributed by atoms with Gasteiger partial charge in [0, 0.05) is 295 Å². The first-order chi connectivity index (χ1) is 67.7. The number of hydrogen-bond acceptors (Lipinski definition) is 19. The minimum atomic E-state index is -0.350. The molecule has 7 aliphatic heterocycles. The molecule has 0 unspecified atom stereocenters. The van der Waals surface area contributed by atoms with E-state index in [1.807, 2.05) is 274 Å². The third kappa shape index (κ3) is 34.3. The fourth-order valence-electron chi connectivity index (χ4n) is 18.6. The number of aliphatic hydroxyl groups excluding tert-OH is 2. The van der Waals surface area contributed by atoms with Gasteiger partial charge in [-0.05, 0) is 125 Å². The van der Waals surface area contributed by atoms with Crippen molar-refractivity contribution in [2.24, 2.45) is 37.9 Å². The molecule has 7 heterocycles. The van der Waals surface area contributed by atoms with Gasteiger partial charge < -0.3 is 93.0 Å². The first-order valence-electron chi connectivity index (χ1n) is 51.9. The van der Waals surface area contributed by atoms with E-state index in [-0.39, 0.29) is 98.3 Å². The molecule has 7 aromatic carbocycles. The van der Waals surface area contributed by atoms with Gasteiger partial charge in [0.1, 0.15) is 23.1 Å². The number of benzene rings is 7. The van der Waals surface area contributed by atoms with Crippen LogP contribution in [0.15, 0.2) is 127 Å². The number of ether oxygens (including phenoxy) is 3. The van der Waals surface area contributed by atoms with Gasteiger partial charge in [-0.2, -0.15) is 0 Å². The molecule has 0 aromatic heterocycles. The fraction of sp³-hybridized carbons (Fsp3) is 0.581. The zero-order valence-electron chi connectivity index (χ0n) is 93.8. The van der Waals surface area contributed by atoms with Gasteiger partial charge in [-0.15, -0.1) is 0 Å². The number of anilines is 7. The summed E-state index contributed by atoms with van der Waals surface area (Å²) in [6, 6.07) is 42.6. The topological polar surface area (TPSA) is 233 Å². The molecule has 7 aliphatic rings. The van der Waals surface area contributed by atoms with Crippen molar-refractivity contribution in [2.75, 3.05) is 239 Å². The summed E-state index contributed by atoms with van der Waals surface area (Å²) in [5.74, 6) is 3.92. The third-order valence-corrected chi connectivity index (χ3v) is 27.5. The highest BCUT2D eigenvalue weighted by molar-refractivity contribution is 6.31. The lowest BCUT2D eigenvalue weighted by atomic mass is 9.94. The Hall–Kier alpha value is -11.0. The monoisotopic (exact) mass is 2020 g/mol. The lowest BCUT2D eigenvalue weighted by Crippen LogP contribution is -2.51. The Morgan fingerprint density at radius 2 is 0.545 bits per heavy atom. The summed E-state index contributed by atoms with van der Waals surface area (Å²) >= 11 is 6.18. The van der Waals surface area contributed by atoms with Crippen LogP contribution in [0.4, 0.5) is 44.2 Å². The van der Waals surface area contributed by atoms with Gasteiger partial charge in [-0.25, -0.2) is 4.39 Å². The van der Waals surface area contributed by atoms with E-state index < -0.39 is 0 Å². The van der Waals surface area contributed by atoms with E-state index in [2.05, 4.69) is 110 Å². The predicted molar refractivity (Wildman–Crippen MR) is 592 cm³/mol. The van der Waals surface area contributed by atoms with E-state index in [0.717, 1.165) is 241 Å². The van der Waals surface area contributed by atoms with E-state index in [0.29, 0.717) is 31.9 Å². The number of methoxy groups -OCH3 is 3. The molecule has 0 spiro atoms. The highest BCUT2D eigenvalue weighted by Gasteiger charge is 2.38. The second-order valence-corrected chi connectivity index (χ2v) is 47.1. The van der Waals surface area contributed by atoms with Crippen molar-refractivity contribution in [1.82, 2.24) is 34.3 Å². The molecular weight excluding hydrogens is 1850 g/mol. The zero-order valence-corrected chi connectivity index (χ0v) is 94.6. The van der Waals surface area contributed by atoms with E-state index in [1.54, 1.807) is 27.4 Å². The first kappa shape index (κ1) is 119. The number of aliphatic hydroxyl groups is 2. The molecule has 0 bridgehead atoms. The van der Waals surface area contributed by atoms with Crippen LogP contribution in [0.1, 0.15) is 195 Å². The van der Waals surface area contributed by atoms with Crippen molar-refractivity contribution < 1.29 is 62.4 Å². The van der Waals surface area contributed by atoms with Crippen LogP contribution < -0.4 is 48.5 Å². The maximum atomic E-state index is 14.0. The Kier molecular flexibility index (Phi) is 42.8. The van der Waals surface area contributed by atoms with Crippen molar-refractivity contribution in [1.29, 1.82) is 0 Å². The first-order valence-corrected chi connectivity index (χ1v) is 52.3. The Morgan fingerprint density at radius 3 is 0.821 bits per heavy atom. The molecule has 7 amide bonds. The molecule has 7 saturated heterocycles. The summed E-state index contributed by atoms with van der Waals surface area (Å²) in [7, 11) is 5.04. The molecule has 0 atom stereocenters. The molecule has 800 valence electrons. The van der Waals surface area contributed by atoms with Crippen molar-refractivity contribution in [3.8, 4) is 17.2 Å². The molecule has 26 nitrogen and oxygen atoms in total. The minimum absolute atomic E-state index is 0.0537. The molecule has 7 aromatic rings. The van der Waals surface area contributed by atoms with Crippen LogP contribution in [0.5, 0.6) is 17.2 Å². The molecule has 14 rings (SSSR count). The standard InChI is InChI=1S/C18H28N2O3.3C17H26N2O2.C16H23ClN2O.C16H23FN2O.C16H24N2O/c1-13-15(22-5)11-14(12-16(13)23-6)19-7-9-20(10-8-19)17(21)18(2,3)4;1-13-10-14(12-15(11-13)21-5)18-6-8-19(9-7-18)16(20)17(2,3)4;2*1-13-5-6-15(14(11-13)12-20)18-7-9-19(10-8-18)16(21)17(2,3)4;1-12-5-6-13(11-14(12)17)18-7-9-19(10-8-18)15(20)16(2,3)4;1-12-5-6-14(13(17)11-12)18-7-9-19(10-8-18)15(20)16(2,3)4;1-13-7-5-6-8-14(13)17-9-11-18(12-10-17)15(19)16(2,3)4/h11-12H,7-10H2,1-6H3;10-12H,6-9H2,1-5H3;2*5-6,11,20H,7-10,12H2,1-4H3;2*5-6,11H,7-10H2,1-4H3;5-8H,9-12H2,1-4H3. The van der Waals surface area contributed by atoms with Gasteiger partial charge in [0.15, 0.2) is 0 Å². The Balaban J connectivity index is 0.000000207. The van der Waals surface area contributed by atoms with E-state index in [9.17, 15) is 48.2 Å². The summed E-state index contributed by atoms with van der Waals surface area (Å²) in [4.78, 5) is 115. The van der Waals surface area contributed by atoms with Gasteiger partial charge >= 0.3 is 0 Å².